The molecule has 1 aromatic heterocycles. The first kappa shape index (κ1) is 19.7. The van der Waals surface area contributed by atoms with Crippen molar-refractivity contribution in [3.05, 3.63) is 81.4 Å². The van der Waals surface area contributed by atoms with Crippen LogP contribution < -0.4 is 15.6 Å². The molecule has 3 rings (SSSR count). The second kappa shape index (κ2) is 8.79. The van der Waals surface area contributed by atoms with Crippen LogP contribution in [0.25, 0.3) is 11.3 Å². The van der Waals surface area contributed by atoms with Gasteiger partial charge in [0.2, 0.25) is 5.91 Å². The molecule has 0 aliphatic heterocycles. The molecule has 148 valence electrons. The highest BCUT2D eigenvalue weighted by molar-refractivity contribution is 5.90. The average Bonchev–Trinajstić information content (AvgIpc) is 2.71. The first-order valence-electron chi connectivity index (χ1n) is 8.80. The lowest BCUT2D eigenvalue weighted by Crippen LogP contribution is -2.27. The summed E-state index contributed by atoms with van der Waals surface area (Å²) < 4.78 is 6.57. The first-order chi connectivity index (χ1) is 14.0. The van der Waals surface area contributed by atoms with Crippen molar-refractivity contribution in [2.24, 2.45) is 0 Å². The molecule has 0 spiro atoms. The van der Waals surface area contributed by atoms with Gasteiger partial charge >= 0.3 is 0 Å². The molecule has 0 radical (unpaired) electrons. The smallest absolute Gasteiger partial charge is 0.269 e. The van der Waals surface area contributed by atoms with E-state index >= 15 is 0 Å². The summed E-state index contributed by atoms with van der Waals surface area (Å²) in [6.45, 7) is 2.23. The summed E-state index contributed by atoms with van der Waals surface area (Å²) in [5.74, 6) is 0.282. The van der Waals surface area contributed by atoms with Gasteiger partial charge in [-0.2, -0.15) is 0 Å². The topological polar surface area (TPSA) is 116 Å². The van der Waals surface area contributed by atoms with Crippen LogP contribution in [0.1, 0.15) is 6.92 Å². The molecule has 1 amide bonds. The number of aromatic nitrogens is 2. The molecule has 1 N–H and O–H groups in total. The number of carbonyl (C=O) groups is 1. The molecule has 0 fully saturated rings. The Labute approximate surface area is 165 Å². The van der Waals surface area contributed by atoms with Gasteiger partial charge in [-0.3, -0.25) is 24.3 Å². The van der Waals surface area contributed by atoms with E-state index in [0.29, 0.717) is 18.0 Å². The summed E-state index contributed by atoms with van der Waals surface area (Å²) in [6.07, 6.45) is 1.31. The van der Waals surface area contributed by atoms with Gasteiger partial charge in [0.1, 0.15) is 12.3 Å². The van der Waals surface area contributed by atoms with E-state index in [1.165, 1.54) is 41.2 Å². The standard InChI is InChI=1S/C20H18N4O5/c1-2-29-17-9-3-14(4-10-17)18-11-20(26)23(13-21-18)12-19(25)22-15-5-7-16(8-6-15)24(27)28/h3-11,13H,2,12H2,1H3,(H,22,25). The van der Waals surface area contributed by atoms with Crippen molar-refractivity contribution in [3.8, 4) is 17.0 Å². The number of benzene rings is 2. The van der Waals surface area contributed by atoms with Gasteiger partial charge in [0.05, 0.1) is 23.6 Å². The summed E-state index contributed by atoms with van der Waals surface area (Å²) >= 11 is 0. The molecule has 0 bridgehead atoms. The van der Waals surface area contributed by atoms with Gasteiger partial charge in [-0.05, 0) is 43.3 Å². The number of ether oxygens (including phenoxy) is 1. The molecule has 2 aromatic carbocycles. The van der Waals surface area contributed by atoms with Crippen molar-refractivity contribution in [2.45, 2.75) is 13.5 Å². The largest absolute Gasteiger partial charge is 0.494 e. The van der Waals surface area contributed by atoms with Crippen LogP contribution in [0.5, 0.6) is 5.75 Å². The van der Waals surface area contributed by atoms with E-state index < -0.39 is 10.8 Å². The summed E-state index contributed by atoms with van der Waals surface area (Å²) in [5, 5.41) is 13.2. The highest BCUT2D eigenvalue weighted by Crippen LogP contribution is 2.19. The minimum Gasteiger partial charge on any atom is -0.494 e. The van der Waals surface area contributed by atoms with Crippen LogP contribution in [-0.4, -0.2) is 27.0 Å². The van der Waals surface area contributed by atoms with Crippen molar-refractivity contribution in [1.29, 1.82) is 0 Å². The maximum Gasteiger partial charge on any atom is 0.269 e. The molecule has 0 atom stereocenters. The van der Waals surface area contributed by atoms with Gasteiger partial charge < -0.3 is 10.1 Å². The summed E-state index contributed by atoms with van der Waals surface area (Å²) in [7, 11) is 0. The lowest BCUT2D eigenvalue weighted by atomic mass is 10.1. The van der Waals surface area contributed by atoms with E-state index in [1.54, 1.807) is 24.3 Å². The number of nitro benzene ring substituents is 1. The van der Waals surface area contributed by atoms with Gasteiger partial charge in [0, 0.05) is 29.4 Å². The normalized spacial score (nSPS) is 10.4. The number of hydrogen-bond donors (Lipinski definition) is 1. The zero-order valence-corrected chi connectivity index (χ0v) is 15.6. The van der Waals surface area contributed by atoms with Crippen molar-refractivity contribution in [3.63, 3.8) is 0 Å². The molecule has 0 aliphatic rings. The number of rotatable bonds is 7. The van der Waals surface area contributed by atoms with E-state index in [1.807, 2.05) is 6.92 Å². The Morgan fingerprint density at radius 1 is 1.17 bits per heavy atom. The van der Waals surface area contributed by atoms with E-state index in [9.17, 15) is 19.7 Å². The van der Waals surface area contributed by atoms with Crippen LogP contribution >= 0.6 is 0 Å². The van der Waals surface area contributed by atoms with E-state index in [0.717, 1.165) is 11.3 Å². The van der Waals surface area contributed by atoms with Crippen LogP contribution in [0, 0.1) is 10.1 Å². The number of carbonyl (C=O) groups excluding carboxylic acids is 1. The highest BCUT2D eigenvalue weighted by atomic mass is 16.6. The van der Waals surface area contributed by atoms with E-state index in [-0.39, 0.29) is 17.8 Å². The summed E-state index contributed by atoms with van der Waals surface area (Å²) in [6, 6.07) is 14.0. The first-order valence-corrected chi connectivity index (χ1v) is 8.80. The second-order valence-electron chi connectivity index (χ2n) is 6.05. The lowest BCUT2D eigenvalue weighted by Gasteiger charge is -2.08. The van der Waals surface area contributed by atoms with Crippen molar-refractivity contribution in [2.75, 3.05) is 11.9 Å². The fourth-order valence-electron chi connectivity index (χ4n) is 2.61. The fraction of sp³-hybridized carbons (Fsp3) is 0.150. The Balaban J connectivity index is 1.67. The van der Waals surface area contributed by atoms with Crippen LogP contribution in [0.4, 0.5) is 11.4 Å². The molecular weight excluding hydrogens is 376 g/mol. The SMILES string of the molecule is CCOc1ccc(-c2cc(=O)n(CC(=O)Nc3ccc([N+](=O)[O-])cc3)cn2)cc1. The minimum absolute atomic E-state index is 0.0757. The molecule has 0 saturated carbocycles. The quantitative estimate of drug-likeness (QED) is 0.486. The Bertz CT molecular complexity index is 1080. The lowest BCUT2D eigenvalue weighted by molar-refractivity contribution is -0.384. The Morgan fingerprint density at radius 2 is 1.86 bits per heavy atom. The molecule has 9 nitrogen and oxygen atoms in total. The van der Waals surface area contributed by atoms with E-state index in [4.69, 9.17) is 4.74 Å². The van der Waals surface area contributed by atoms with Gasteiger partial charge in [-0.15, -0.1) is 0 Å². The predicted octanol–water partition coefficient (Wildman–Crippen LogP) is 2.86. The number of nitro groups is 1. The van der Waals surface area contributed by atoms with Crippen LogP contribution in [0.15, 0.2) is 65.7 Å². The number of hydrogen-bond acceptors (Lipinski definition) is 6. The maximum atomic E-state index is 12.3. The van der Waals surface area contributed by atoms with Crippen molar-refractivity contribution < 1.29 is 14.5 Å². The number of nitrogens with zero attached hydrogens (tertiary/aromatic N) is 3. The number of anilines is 1. The maximum absolute atomic E-state index is 12.3. The highest BCUT2D eigenvalue weighted by Gasteiger charge is 2.09. The summed E-state index contributed by atoms with van der Waals surface area (Å²) in [4.78, 5) is 38.9. The number of amides is 1. The zero-order valence-electron chi connectivity index (χ0n) is 15.6. The molecule has 0 unspecified atom stereocenters. The van der Waals surface area contributed by atoms with Gasteiger partial charge in [0.25, 0.3) is 11.2 Å². The minimum atomic E-state index is -0.525. The average molecular weight is 394 g/mol. The molecule has 1 heterocycles. The third-order valence-corrected chi connectivity index (χ3v) is 4.02. The molecule has 3 aromatic rings. The van der Waals surface area contributed by atoms with E-state index in [2.05, 4.69) is 10.3 Å². The van der Waals surface area contributed by atoms with Crippen LogP contribution in [-0.2, 0) is 11.3 Å². The molecule has 0 aliphatic carbocycles. The van der Waals surface area contributed by atoms with Gasteiger partial charge in [-0.1, -0.05) is 0 Å². The summed E-state index contributed by atoms with van der Waals surface area (Å²) in [5.41, 5.74) is 1.20. The molecule has 9 heteroatoms. The molecule has 0 saturated heterocycles. The molecule has 29 heavy (non-hydrogen) atoms. The number of non-ortho nitro benzene ring substituents is 1. The van der Waals surface area contributed by atoms with Gasteiger partial charge in [0.15, 0.2) is 0 Å². The van der Waals surface area contributed by atoms with Crippen LogP contribution in [0.2, 0.25) is 0 Å². The van der Waals surface area contributed by atoms with Crippen molar-refractivity contribution >= 4 is 17.3 Å². The monoisotopic (exact) mass is 394 g/mol. The van der Waals surface area contributed by atoms with Gasteiger partial charge in [-0.25, -0.2) is 4.98 Å². The Hall–Kier alpha value is -4.01. The second-order valence-corrected chi connectivity index (χ2v) is 6.05. The van der Waals surface area contributed by atoms with Crippen LogP contribution in [0.3, 0.4) is 0 Å². The molecular formula is C20H18N4O5. The third kappa shape index (κ3) is 5.04. The zero-order chi connectivity index (χ0) is 20.8. The predicted molar refractivity (Wildman–Crippen MR) is 107 cm³/mol. The third-order valence-electron chi connectivity index (χ3n) is 4.02. The number of nitrogens with one attached hydrogen (secondary N) is 1. The Kier molecular flexibility index (Phi) is 5.98. The fourth-order valence-corrected chi connectivity index (χ4v) is 2.61. The Morgan fingerprint density at radius 3 is 2.45 bits per heavy atom. The van der Waals surface area contributed by atoms with Crippen molar-refractivity contribution in [1.82, 2.24) is 9.55 Å².